The zero-order valence-electron chi connectivity index (χ0n) is 15.8. The zero-order valence-corrected chi connectivity index (χ0v) is 15.8. The molecule has 0 N–H and O–H groups in total. The van der Waals surface area contributed by atoms with Crippen molar-refractivity contribution in [2.75, 3.05) is 13.2 Å². The molecular weight excluding hydrogens is 356 g/mol. The molecule has 6 nitrogen and oxygen atoms in total. The third kappa shape index (κ3) is 4.06. The van der Waals surface area contributed by atoms with E-state index in [4.69, 9.17) is 9.47 Å². The maximum Gasteiger partial charge on any atom is 0.378 e. The number of carbonyl (C=O) groups excluding carboxylic acids is 2. The van der Waals surface area contributed by atoms with Crippen molar-refractivity contribution in [2.24, 2.45) is 0 Å². The molecule has 0 aliphatic carbocycles. The Morgan fingerprint density at radius 2 is 1.39 bits per heavy atom. The Hall–Kier alpha value is -3.54. The van der Waals surface area contributed by atoms with Crippen LogP contribution in [0.5, 0.6) is 0 Å². The summed E-state index contributed by atoms with van der Waals surface area (Å²) in [5.74, 6) is -0.666. The van der Waals surface area contributed by atoms with Gasteiger partial charge in [-0.05, 0) is 36.0 Å². The van der Waals surface area contributed by atoms with Crippen molar-refractivity contribution in [3.05, 3.63) is 78.2 Å². The highest BCUT2D eigenvalue weighted by Crippen LogP contribution is 2.22. The molecule has 0 spiro atoms. The van der Waals surface area contributed by atoms with E-state index < -0.39 is 11.9 Å². The highest BCUT2D eigenvalue weighted by molar-refractivity contribution is 5.91. The molecule has 0 aliphatic rings. The monoisotopic (exact) mass is 377 g/mol. The lowest BCUT2D eigenvalue weighted by Gasteiger charge is -2.12. The molecule has 2 heterocycles. The number of aromatic nitrogens is 2. The smallest absolute Gasteiger partial charge is 0.378 e. The summed E-state index contributed by atoms with van der Waals surface area (Å²) in [7, 11) is 0. The summed E-state index contributed by atoms with van der Waals surface area (Å²) in [6.07, 6.45) is 1.59. The molecule has 1 aromatic carbocycles. The van der Waals surface area contributed by atoms with Crippen LogP contribution < -0.4 is 4.57 Å². The van der Waals surface area contributed by atoms with E-state index in [0.29, 0.717) is 11.4 Å². The molecule has 0 saturated heterocycles. The fourth-order valence-electron chi connectivity index (χ4n) is 2.84. The van der Waals surface area contributed by atoms with Gasteiger partial charge in [-0.3, -0.25) is 0 Å². The first-order chi connectivity index (χ1) is 13.7. The summed E-state index contributed by atoms with van der Waals surface area (Å²) in [6, 6.07) is 18.2. The quantitative estimate of drug-likeness (QED) is 0.487. The van der Waals surface area contributed by atoms with Crippen LogP contribution >= 0.6 is 0 Å². The van der Waals surface area contributed by atoms with Gasteiger partial charge in [0.25, 0.3) is 0 Å². The van der Waals surface area contributed by atoms with E-state index in [9.17, 15) is 9.59 Å². The number of ether oxygens (including phenoxy) is 2. The number of esters is 2. The van der Waals surface area contributed by atoms with Crippen molar-refractivity contribution in [1.82, 2.24) is 4.98 Å². The van der Waals surface area contributed by atoms with Crippen LogP contribution in [0.3, 0.4) is 0 Å². The molecule has 3 rings (SSSR count). The number of hydrogen-bond donors (Lipinski definition) is 0. The van der Waals surface area contributed by atoms with Crippen molar-refractivity contribution >= 4 is 11.9 Å². The van der Waals surface area contributed by atoms with E-state index in [1.165, 1.54) is 4.57 Å². The topological polar surface area (TPSA) is 69.4 Å². The minimum Gasteiger partial charge on any atom is -0.460 e. The van der Waals surface area contributed by atoms with Gasteiger partial charge in [-0.2, -0.15) is 4.57 Å². The number of hydrogen-bond acceptors (Lipinski definition) is 5. The predicted octanol–water partition coefficient (Wildman–Crippen LogP) is 3.38. The van der Waals surface area contributed by atoms with E-state index in [2.05, 4.69) is 4.98 Å². The zero-order chi connectivity index (χ0) is 19.9. The summed E-state index contributed by atoms with van der Waals surface area (Å²) in [5.41, 5.74) is 1.97. The number of nitrogens with zero attached hydrogens (tertiary/aromatic N) is 2. The Balaban J connectivity index is 2.31. The second-order valence-corrected chi connectivity index (χ2v) is 5.84. The Morgan fingerprint density at radius 3 is 1.89 bits per heavy atom. The largest absolute Gasteiger partial charge is 0.460 e. The number of rotatable bonds is 6. The second kappa shape index (κ2) is 8.90. The summed E-state index contributed by atoms with van der Waals surface area (Å²) in [4.78, 5) is 29.8. The van der Waals surface area contributed by atoms with Gasteiger partial charge >= 0.3 is 17.8 Å². The van der Waals surface area contributed by atoms with Crippen LogP contribution in [0.2, 0.25) is 0 Å². The van der Waals surface area contributed by atoms with Crippen LogP contribution in [-0.2, 0) is 9.47 Å². The van der Waals surface area contributed by atoms with Gasteiger partial charge < -0.3 is 9.47 Å². The Kier molecular flexibility index (Phi) is 6.11. The summed E-state index contributed by atoms with van der Waals surface area (Å²) in [6.45, 7) is 3.89. The average molecular weight is 377 g/mol. The van der Waals surface area contributed by atoms with Gasteiger partial charge in [0.05, 0.1) is 13.2 Å². The van der Waals surface area contributed by atoms with Crippen molar-refractivity contribution in [1.29, 1.82) is 0 Å². The third-order valence-corrected chi connectivity index (χ3v) is 4.02. The molecule has 6 heteroatoms. The van der Waals surface area contributed by atoms with Crippen LogP contribution in [0.4, 0.5) is 0 Å². The molecule has 0 bridgehead atoms. The van der Waals surface area contributed by atoms with Crippen LogP contribution in [-0.4, -0.2) is 30.1 Å². The minimum atomic E-state index is -0.545. The van der Waals surface area contributed by atoms with E-state index in [1.807, 2.05) is 30.3 Å². The van der Waals surface area contributed by atoms with Gasteiger partial charge in [0.15, 0.2) is 0 Å². The first-order valence-electron chi connectivity index (χ1n) is 9.06. The molecule has 142 valence electrons. The highest BCUT2D eigenvalue weighted by Gasteiger charge is 2.29. The lowest BCUT2D eigenvalue weighted by Crippen LogP contribution is -2.45. The molecule has 0 atom stereocenters. The molecular formula is C22H21N2O4+. The lowest BCUT2D eigenvalue weighted by atomic mass is 10.0. The van der Waals surface area contributed by atoms with Crippen molar-refractivity contribution in [2.45, 2.75) is 13.8 Å². The van der Waals surface area contributed by atoms with Crippen LogP contribution in [0.25, 0.3) is 16.9 Å². The Morgan fingerprint density at radius 1 is 0.821 bits per heavy atom. The van der Waals surface area contributed by atoms with Crippen molar-refractivity contribution < 1.29 is 23.6 Å². The van der Waals surface area contributed by atoms with E-state index in [1.54, 1.807) is 50.4 Å². The summed E-state index contributed by atoms with van der Waals surface area (Å²) >= 11 is 0. The number of pyridine rings is 2. The van der Waals surface area contributed by atoms with Gasteiger partial charge in [0.1, 0.15) is 6.20 Å². The first kappa shape index (κ1) is 19.2. The first-order valence-corrected chi connectivity index (χ1v) is 9.06. The molecule has 0 aliphatic heterocycles. The maximum atomic E-state index is 12.7. The molecule has 0 amide bonds. The minimum absolute atomic E-state index is 0.199. The number of benzene rings is 1. The molecule has 0 radical (unpaired) electrons. The predicted molar refractivity (Wildman–Crippen MR) is 103 cm³/mol. The average Bonchev–Trinajstić information content (AvgIpc) is 2.74. The van der Waals surface area contributed by atoms with Gasteiger partial charge in [-0.15, -0.1) is 0 Å². The van der Waals surface area contributed by atoms with E-state index in [-0.39, 0.29) is 24.6 Å². The summed E-state index contributed by atoms with van der Waals surface area (Å²) < 4.78 is 11.9. The molecule has 0 saturated carbocycles. The Bertz CT molecular complexity index is 933. The third-order valence-electron chi connectivity index (χ3n) is 4.02. The van der Waals surface area contributed by atoms with E-state index >= 15 is 0 Å². The SMILES string of the molecule is CCOC(=O)c1cc(-c2ccccc2)cc(C(=O)OCC)[n+]1-c1ccccn1. The molecule has 2 aromatic heterocycles. The van der Waals surface area contributed by atoms with Crippen molar-refractivity contribution in [3.8, 4) is 16.9 Å². The van der Waals surface area contributed by atoms with Gasteiger partial charge in [0, 0.05) is 18.2 Å². The van der Waals surface area contributed by atoms with Crippen LogP contribution in [0, 0.1) is 0 Å². The van der Waals surface area contributed by atoms with Crippen LogP contribution in [0.1, 0.15) is 34.8 Å². The number of carbonyl (C=O) groups is 2. The fourth-order valence-corrected chi connectivity index (χ4v) is 2.84. The maximum absolute atomic E-state index is 12.7. The molecule has 0 fully saturated rings. The fraction of sp³-hybridized carbons (Fsp3) is 0.182. The van der Waals surface area contributed by atoms with Gasteiger partial charge in [-0.25, -0.2) is 9.59 Å². The molecule has 3 aromatic rings. The normalized spacial score (nSPS) is 10.4. The lowest BCUT2D eigenvalue weighted by molar-refractivity contribution is -0.605. The van der Waals surface area contributed by atoms with Gasteiger partial charge in [0.2, 0.25) is 11.4 Å². The van der Waals surface area contributed by atoms with E-state index in [0.717, 1.165) is 5.56 Å². The van der Waals surface area contributed by atoms with Crippen LogP contribution in [0.15, 0.2) is 66.9 Å². The second-order valence-electron chi connectivity index (χ2n) is 5.84. The molecule has 0 unspecified atom stereocenters. The summed E-state index contributed by atoms with van der Waals surface area (Å²) in [5, 5.41) is 0. The van der Waals surface area contributed by atoms with Gasteiger partial charge in [-0.1, -0.05) is 36.4 Å². The Labute approximate surface area is 163 Å². The standard InChI is InChI=1S/C22H21N2O4/c1-3-27-21(25)18-14-17(16-10-6-5-7-11-16)15-19(22(26)28-4-2)24(18)20-12-8-9-13-23-20/h5-15H,3-4H2,1-2H3/q+1. The highest BCUT2D eigenvalue weighted by atomic mass is 16.5. The van der Waals surface area contributed by atoms with Crippen molar-refractivity contribution in [3.63, 3.8) is 0 Å². The molecule has 28 heavy (non-hydrogen) atoms.